The van der Waals surface area contributed by atoms with Gasteiger partial charge in [-0.05, 0) is 0 Å². The van der Waals surface area contributed by atoms with Crippen LogP contribution in [0.2, 0.25) is 0 Å². The van der Waals surface area contributed by atoms with Crippen molar-refractivity contribution in [3.8, 4) is 0 Å². The van der Waals surface area contributed by atoms with Crippen LogP contribution in [0.3, 0.4) is 0 Å². The average molecular weight is 535 g/mol. The summed E-state index contributed by atoms with van der Waals surface area (Å²) in [7, 11) is -4.33. The molecule has 0 saturated carbocycles. The van der Waals surface area contributed by atoms with E-state index < -0.39 is 90.2 Å². The molecule has 19 heteroatoms. The van der Waals surface area contributed by atoms with Crippen molar-refractivity contribution in [3.05, 3.63) is 0 Å². The molecular formula is C15H23NNa2O15S. The van der Waals surface area contributed by atoms with E-state index in [1.54, 1.807) is 0 Å². The molecule has 16 nitrogen and oxygen atoms in total. The van der Waals surface area contributed by atoms with Crippen LogP contribution in [-0.2, 0) is 43.1 Å². The molecule has 2 saturated heterocycles. The van der Waals surface area contributed by atoms with E-state index in [-0.39, 0.29) is 59.1 Å². The fourth-order valence-corrected chi connectivity index (χ4v) is 3.87. The standard InChI is InChI=1S/C15H25NO15S.2Na/c1-4(18)16-6-11(10(31-32(24,25)26)5(3-17)28-14(6)27-2)29-15-9(21)7(19)8(20)12(30-15)13(22)23;;/h5-12,14-15,17,19-21H,3H2,1-2H3,(H,16,18)(H,22,23)(H,24,25,26);;/q;2*+1/p-2/t5-,6-,7+,8+,9-,10-,11-,12+,14+,15-;;/m1../s1. The molecular weight excluding hydrogens is 512 g/mol. The molecule has 0 aromatic rings. The smallest absolute Gasteiger partial charge is 0.726 e. The van der Waals surface area contributed by atoms with Crippen LogP contribution < -0.4 is 69.5 Å². The number of aliphatic carboxylic acids is 1. The van der Waals surface area contributed by atoms with E-state index in [4.69, 9.17) is 18.9 Å². The summed E-state index contributed by atoms with van der Waals surface area (Å²) in [4.78, 5) is 22.9. The molecule has 0 radical (unpaired) electrons. The fraction of sp³-hybridized carbons (Fsp3) is 0.867. The van der Waals surface area contributed by atoms with Gasteiger partial charge >= 0.3 is 59.1 Å². The molecule has 2 aliphatic rings. The maximum Gasteiger partial charge on any atom is 1.00 e. The Kier molecular flexibility index (Phi) is 14.6. The number of hydrogen-bond donors (Lipinski definition) is 5. The number of rotatable bonds is 8. The van der Waals surface area contributed by atoms with E-state index in [1.807, 2.05) is 0 Å². The molecule has 0 bridgehead atoms. The van der Waals surface area contributed by atoms with Crippen molar-refractivity contribution in [2.75, 3.05) is 13.7 Å². The molecule has 1 amide bonds. The van der Waals surface area contributed by atoms with Crippen LogP contribution >= 0.6 is 0 Å². The number of carbonyl (C=O) groups excluding carboxylic acids is 2. The molecule has 34 heavy (non-hydrogen) atoms. The van der Waals surface area contributed by atoms with Crippen molar-refractivity contribution in [3.63, 3.8) is 0 Å². The van der Waals surface area contributed by atoms with Gasteiger partial charge in [0.25, 0.3) is 0 Å². The van der Waals surface area contributed by atoms with Gasteiger partial charge in [0.1, 0.15) is 48.8 Å². The third kappa shape index (κ3) is 8.52. The van der Waals surface area contributed by atoms with Crippen LogP contribution in [0, 0.1) is 0 Å². The Morgan fingerprint density at radius 2 is 1.62 bits per heavy atom. The van der Waals surface area contributed by atoms with Crippen molar-refractivity contribution < 1.29 is 130 Å². The third-order valence-corrected chi connectivity index (χ3v) is 5.21. The predicted molar refractivity (Wildman–Crippen MR) is 91.5 cm³/mol. The molecule has 2 aliphatic heterocycles. The fourth-order valence-electron chi connectivity index (χ4n) is 3.36. The van der Waals surface area contributed by atoms with Crippen LogP contribution in [0.4, 0.5) is 0 Å². The number of aliphatic hydroxyl groups is 4. The molecule has 0 aromatic carbocycles. The number of aliphatic hydroxyl groups excluding tert-OH is 4. The number of methoxy groups -OCH3 is 1. The number of amides is 1. The first kappa shape index (κ1) is 34.5. The van der Waals surface area contributed by atoms with Crippen LogP contribution in [0.5, 0.6) is 0 Å². The van der Waals surface area contributed by atoms with Crippen molar-refractivity contribution in [1.82, 2.24) is 5.32 Å². The Bertz CT molecular complexity index is 788. The zero-order valence-electron chi connectivity index (χ0n) is 18.7. The van der Waals surface area contributed by atoms with Crippen molar-refractivity contribution in [2.24, 2.45) is 0 Å². The van der Waals surface area contributed by atoms with Gasteiger partial charge in [-0.1, -0.05) is 0 Å². The second-order valence-electron chi connectivity index (χ2n) is 6.97. The van der Waals surface area contributed by atoms with Crippen molar-refractivity contribution in [1.29, 1.82) is 0 Å². The SMILES string of the molecule is CO[C@H]1O[C@H](CO)[C@@H](OS(=O)(=O)[O-])[C@H](O[C@@H]2O[C@H](C(=O)[O-])[C@@H](O)[C@H](O)[C@H]2O)[C@H]1NC(C)=O.[Na+].[Na+]. The van der Waals surface area contributed by atoms with Crippen LogP contribution in [0.1, 0.15) is 6.92 Å². The normalized spacial score (nSPS) is 38.2. The van der Waals surface area contributed by atoms with Crippen LogP contribution in [0.25, 0.3) is 0 Å². The quantitative estimate of drug-likeness (QED) is 0.110. The van der Waals surface area contributed by atoms with E-state index in [2.05, 4.69) is 9.50 Å². The van der Waals surface area contributed by atoms with Crippen molar-refractivity contribution in [2.45, 2.75) is 68.3 Å². The second kappa shape index (κ2) is 14.4. The van der Waals surface area contributed by atoms with Crippen molar-refractivity contribution >= 4 is 22.3 Å². The van der Waals surface area contributed by atoms with Gasteiger partial charge in [-0.15, -0.1) is 0 Å². The van der Waals surface area contributed by atoms with Crippen LogP contribution in [0.15, 0.2) is 0 Å². The summed E-state index contributed by atoms with van der Waals surface area (Å²) < 4.78 is 58.9. The maximum atomic E-state index is 11.7. The van der Waals surface area contributed by atoms with Gasteiger partial charge in [0, 0.05) is 14.0 Å². The summed E-state index contributed by atoms with van der Waals surface area (Å²) in [5, 5.41) is 52.9. The molecule has 2 rings (SSSR count). The molecule has 2 heterocycles. The summed E-state index contributed by atoms with van der Waals surface area (Å²) in [6.45, 7) is 0.129. The van der Waals surface area contributed by atoms with E-state index in [9.17, 15) is 48.1 Å². The Morgan fingerprint density at radius 3 is 2.06 bits per heavy atom. The molecule has 10 atom stereocenters. The molecule has 5 N–H and O–H groups in total. The number of hydrogen-bond acceptors (Lipinski definition) is 15. The summed E-state index contributed by atoms with van der Waals surface area (Å²) in [6.07, 6.45) is -17.3. The first-order valence-corrected chi connectivity index (χ1v) is 10.4. The summed E-state index contributed by atoms with van der Waals surface area (Å²) in [5.41, 5.74) is 0. The monoisotopic (exact) mass is 535 g/mol. The molecule has 0 unspecified atom stereocenters. The summed E-state index contributed by atoms with van der Waals surface area (Å²) in [6, 6.07) is -1.45. The number of carboxylic acids is 1. The molecule has 186 valence electrons. The number of carbonyl (C=O) groups is 2. The van der Waals surface area contributed by atoms with E-state index in [1.165, 1.54) is 0 Å². The number of carboxylic acid groups (broad SMARTS) is 1. The maximum absolute atomic E-state index is 11.7. The van der Waals surface area contributed by atoms with E-state index >= 15 is 0 Å². The zero-order chi connectivity index (χ0) is 24.4. The van der Waals surface area contributed by atoms with Gasteiger partial charge in [-0.2, -0.15) is 0 Å². The third-order valence-electron chi connectivity index (χ3n) is 4.75. The zero-order valence-corrected chi connectivity index (χ0v) is 23.5. The number of nitrogens with one attached hydrogen (secondary N) is 1. The Morgan fingerprint density at radius 1 is 1.03 bits per heavy atom. The Balaban J connectivity index is 0.00000544. The molecule has 0 aromatic heterocycles. The first-order valence-electron chi connectivity index (χ1n) is 9.07. The molecule has 0 aliphatic carbocycles. The average Bonchev–Trinajstić information content (AvgIpc) is 2.68. The van der Waals surface area contributed by atoms with Gasteiger partial charge in [0.2, 0.25) is 16.3 Å². The minimum Gasteiger partial charge on any atom is -0.726 e. The summed E-state index contributed by atoms with van der Waals surface area (Å²) >= 11 is 0. The minimum atomic E-state index is -5.45. The van der Waals surface area contributed by atoms with Gasteiger partial charge < -0.3 is 59.1 Å². The topological polar surface area (TPSA) is 253 Å². The Hall–Kier alpha value is 0.490. The molecule has 0 spiro atoms. The van der Waals surface area contributed by atoms with Crippen LogP contribution in [-0.4, -0.2) is 120 Å². The van der Waals surface area contributed by atoms with Gasteiger partial charge in [0.05, 0.1) is 12.6 Å². The van der Waals surface area contributed by atoms with E-state index in [0.29, 0.717) is 0 Å². The van der Waals surface area contributed by atoms with E-state index in [0.717, 1.165) is 14.0 Å². The minimum absolute atomic E-state index is 0. The largest absolute Gasteiger partial charge is 1.00 e. The Labute approximate surface area is 238 Å². The summed E-state index contributed by atoms with van der Waals surface area (Å²) in [5.74, 6) is -2.69. The van der Waals surface area contributed by atoms with Gasteiger partial charge in [-0.25, -0.2) is 8.42 Å². The molecule has 2 fully saturated rings. The van der Waals surface area contributed by atoms with Gasteiger partial charge in [-0.3, -0.25) is 8.98 Å². The predicted octanol–water partition coefficient (Wildman–Crippen LogP) is -12.3. The number of ether oxygens (including phenoxy) is 4. The van der Waals surface area contributed by atoms with Gasteiger partial charge in [0.15, 0.2) is 12.6 Å². The first-order chi connectivity index (χ1) is 14.8. The second-order valence-corrected chi connectivity index (χ2v) is 7.98.